The Morgan fingerprint density at radius 2 is 1.82 bits per heavy atom. The number of benzene rings is 2. The van der Waals surface area contributed by atoms with E-state index in [0.717, 1.165) is 34.4 Å². The molecule has 0 aliphatic heterocycles. The minimum Gasteiger partial charge on any atom is -0.384 e. The van der Waals surface area contributed by atoms with E-state index in [0.29, 0.717) is 3.92 Å². The Balaban J connectivity index is 1.84. The van der Waals surface area contributed by atoms with E-state index >= 15 is 0 Å². The second kappa shape index (κ2) is 6.92. The van der Waals surface area contributed by atoms with Crippen LogP contribution < -0.4 is 5.32 Å². The summed E-state index contributed by atoms with van der Waals surface area (Å²) in [6.45, 7) is 4.77. The van der Waals surface area contributed by atoms with Gasteiger partial charge in [0.1, 0.15) is 0 Å². The molecule has 0 amide bonds. The van der Waals surface area contributed by atoms with Crippen molar-refractivity contribution in [1.82, 2.24) is 4.98 Å². The van der Waals surface area contributed by atoms with Gasteiger partial charge in [0.05, 0.1) is 15.1 Å². The molecule has 3 rings (SSSR count). The number of hydrogen-bond acceptors (Lipinski definition) is 2. The molecule has 1 N–H and O–H groups in total. The van der Waals surface area contributed by atoms with Crippen LogP contribution in [0.5, 0.6) is 0 Å². The summed E-state index contributed by atoms with van der Waals surface area (Å²) in [5.74, 6) is 0. The highest BCUT2D eigenvalue weighted by molar-refractivity contribution is 14.1. The number of anilines is 1. The molecule has 0 bridgehead atoms. The van der Waals surface area contributed by atoms with Crippen molar-refractivity contribution >= 4 is 45.3 Å². The summed E-state index contributed by atoms with van der Waals surface area (Å²) < 4.78 is 0.293. The van der Waals surface area contributed by atoms with Crippen LogP contribution in [0.15, 0.2) is 67.2 Å². The summed E-state index contributed by atoms with van der Waals surface area (Å²) in [6.07, 6.45) is 1.90. The molecule has 2 nitrogen and oxygen atoms in total. The van der Waals surface area contributed by atoms with Gasteiger partial charge in [0.15, 0.2) is 0 Å². The van der Waals surface area contributed by atoms with Gasteiger partial charge in [0.25, 0.3) is 0 Å². The molecule has 0 saturated heterocycles. The van der Waals surface area contributed by atoms with Crippen molar-refractivity contribution in [2.75, 3.05) is 11.9 Å². The second-order valence-electron chi connectivity index (χ2n) is 5.07. The van der Waals surface area contributed by atoms with E-state index < -0.39 is 0 Å². The maximum absolute atomic E-state index is 4.80. The van der Waals surface area contributed by atoms with E-state index in [1.807, 2.05) is 36.4 Å². The third kappa shape index (κ3) is 3.30. The van der Waals surface area contributed by atoms with Crippen LogP contribution in [0.25, 0.3) is 17.0 Å². The largest absolute Gasteiger partial charge is 0.384 e. The van der Waals surface area contributed by atoms with Crippen LogP contribution in [0, 0.1) is 0 Å². The Labute approximate surface area is 144 Å². The van der Waals surface area contributed by atoms with Crippen LogP contribution in [0.1, 0.15) is 15.2 Å². The Hall–Kier alpha value is -1.88. The first-order valence-electron chi connectivity index (χ1n) is 7.23. The molecule has 0 aliphatic carbocycles. The molecule has 110 valence electrons. The molecule has 0 spiro atoms. The zero-order valence-electron chi connectivity index (χ0n) is 12.2. The normalized spacial score (nSPS) is 12.0. The van der Waals surface area contributed by atoms with Gasteiger partial charge in [-0.15, -0.1) is 0 Å². The van der Waals surface area contributed by atoms with Crippen LogP contribution in [-0.4, -0.2) is 11.5 Å². The minimum atomic E-state index is 0.293. The Kier molecular flexibility index (Phi) is 4.73. The summed E-state index contributed by atoms with van der Waals surface area (Å²) in [7, 11) is 0. The molecule has 0 fully saturated rings. The Morgan fingerprint density at radius 1 is 1.09 bits per heavy atom. The lowest BCUT2D eigenvalue weighted by atomic mass is 10.1. The number of alkyl halides is 1. The molecule has 0 aliphatic rings. The van der Waals surface area contributed by atoms with Crippen molar-refractivity contribution in [2.24, 2.45) is 0 Å². The smallest absolute Gasteiger partial charge is 0.0711 e. The molecule has 22 heavy (non-hydrogen) atoms. The molecular formula is C19H17IN2. The molecule has 1 aromatic heterocycles. The van der Waals surface area contributed by atoms with E-state index in [1.165, 1.54) is 0 Å². The van der Waals surface area contributed by atoms with Gasteiger partial charge in [0, 0.05) is 17.6 Å². The van der Waals surface area contributed by atoms with Crippen LogP contribution >= 0.6 is 22.6 Å². The molecule has 3 aromatic rings. The third-order valence-corrected chi connectivity index (χ3v) is 4.65. The van der Waals surface area contributed by atoms with E-state index in [4.69, 9.17) is 4.98 Å². The topological polar surface area (TPSA) is 24.9 Å². The fraction of sp³-hybridized carbons (Fsp3) is 0.105. The third-order valence-electron chi connectivity index (χ3n) is 3.57. The number of para-hydroxylation sites is 2. The van der Waals surface area contributed by atoms with Crippen molar-refractivity contribution < 1.29 is 0 Å². The predicted octanol–water partition coefficient (Wildman–Crippen LogP) is 5.47. The lowest BCUT2D eigenvalue weighted by molar-refractivity contribution is 0.978. The molecule has 1 heterocycles. The van der Waals surface area contributed by atoms with Gasteiger partial charge in [0.2, 0.25) is 0 Å². The predicted molar refractivity (Wildman–Crippen MR) is 104 cm³/mol. The van der Waals surface area contributed by atoms with Gasteiger partial charge in [-0.3, -0.25) is 4.98 Å². The zero-order valence-corrected chi connectivity index (χ0v) is 14.3. The first kappa shape index (κ1) is 15.0. The average Bonchev–Trinajstić information content (AvgIpc) is 2.59. The highest BCUT2D eigenvalue weighted by Gasteiger charge is 2.11. The first-order chi connectivity index (χ1) is 10.8. The minimum absolute atomic E-state index is 0.293. The van der Waals surface area contributed by atoms with Gasteiger partial charge < -0.3 is 5.32 Å². The molecular weight excluding hydrogens is 383 g/mol. The second-order valence-corrected chi connectivity index (χ2v) is 6.58. The van der Waals surface area contributed by atoms with Crippen molar-refractivity contribution in [3.63, 3.8) is 0 Å². The molecule has 1 atom stereocenters. The molecule has 1 unspecified atom stereocenters. The monoisotopic (exact) mass is 400 g/mol. The number of aromatic nitrogens is 1. The number of nitrogens with zero attached hydrogens (tertiary/aromatic N) is 1. The molecule has 0 saturated carbocycles. The summed E-state index contributed by atoms with van der Waals surface area (Å²) in [4.78, 5) is 4.80. The number of rotatable bonds is 5. The van der Waals surface area contributed by atoms with E-state index in [9.17, 15) is 0 Å². The van der Waals surface area contributed by atoms with Crippen molar-refractivity contribution in [2.45, 2.75) is 3.92 Å². The quantitative estimate of drug-likeness (QED) is 0.454. The Bertz CT molecular complexity index is 784. The number of hydrogen-bond donors (Lipinski definition) is 1. The van der Waals surface area contributed by atoms with Crippen LogP contribution in [-0.2, 0) is 0 Å². The van der Waals surface area contributed by atoms with Gasteiger partial charge >= 0.3 is 0 Å². The van der Waals surface area contributed by atoms with Gasteiger partial charge in [-0.25, -0.2) is 0 Å². The fourth-order valence-electron chi connectivity index (χ4n) is 2.42. The average molecular weight is 400 g/mol. The molecule has 0 radical (unpaired) electrons. The first-order valence-corrected chi connectivity index (χ1v) is 8.47. The summed E-state index contributed by atoms with van der Waals surface area (Å²) in [5, 5.41) is 4.61. The highest BCUT2D eigenvalue weighted by atomic mass is 127. The SMILES string of the molecule is C=Cc1cc(C(I)CNc2ccccc2)nc2ccccc12. The number of halogens is 1. The van der Waals surface area contributed by atoms with E-state index in [2.05, 4.69) is 64.8 Å². The standard InChI is InChI=1S/C19H17IN2/c1-2-14-12-19(22-18-11-7-6-10-16(14)18)17(20)13-21-15-8-4-3-5-9-15/h2-12,17,21H,1,13H2. The van der Waals surface area contributed by atoms with Gasteiger partial charge in [-0.1, -0.05) is 71.6 Å². The zero-order chi connectivity index (χ0) is 15.4. The maximum atomic E-state index is 4.80. The number of fused-ring (bicyclic) bond motifs is 1. The van der Waals surface area contributed by atoms with Gasteiger partial charge in [-0.2, -0.15) is 0 Å². The van der Waals surface area contributed by atoms with E-state index in [-0.39, 0.29) is 0 Å². The molecule has 3 heteroatoms. The van der Waals surface area contributed by atoms with Crippen molar-refractivity contribution in [1.29, 1.82) is 0 Å². The van der Waals surface area contributed by atoms with Crippen LogP contribution in [0.2, 0.25) is 0 Å². The maximum Gasteiger partial charge on any atom is 0.0711 e. The van der Waals surface area contributed by atoms with Crippen molar-refractivity contribution in [3.05, 3.63) is 78.5 Å². The fourth-order valence-corrected chi connectivity index (χ4v) is 2.96. The van der Waals surface area contributed by atoms with Crippen LogP contribution in [0.4, 0.5) is 5.69 Å². The summed E-state index contributed by atoms with van der Waals surface area (Å²) in [6, 6.07) is 20.6. The lowest BCUT2D eigenvalue weighted by Crippen LogP contribution is -2.09. The number of nitrogens with one attached hydrogen (secondary N) is 1. The highest BCUT2D eigenvalue weighted by Crippen LogP contribution is 2.27. The summed E-state index contributed by atoms with van der Waals surface area (Å²) >= 11 is 2.44. The summed E-state index contributed by atoms with van der Waals surface area (Å²) in [5.41, 5.74) is 4.38. The van der Waals surface area contributed by atoms with Crippen molar-refractivity contribution in [3.8, 4) is 0 Å². The molecule has 2 aromatic carbocycles. The Morgan fingerprint density at radius 3 is 2.59 bits per heavy atom. The lowest BCUT2D eigenvalue weighted by Gasteiger charge is -2.14. The number of pyridine rings is 1. The van der Waals surface area contributed by atoms with Gasteiger partial charge in [-0.05, 0) is 29.8 Å². The van der Waals surface area contributed by atoms with E-state index in [1.54, 1.807) is 0 Å². The van der Waals surface area contributed by atoms with Crippen LogP contribution in [0.3, 0.4) is 0 Å².